The fraction of sp³-hybridized carbons (Fsp3) is 1.00. The molecule has 0 saturated heterocycles. The fourth-order valence-corrected chi connectivity index (χ4v) is 2.89. The van der Waals surface area contributed by atoms with Gasteiger partial charge in [0.1, 0.15) is 0 Å². The van der Waals surface area contributed by atoms with Gasteiger partial charge in [-0.3, -0.25) is 0 Å². The lowest BCUT2D eigenvalue weighted by Crippen LogP contribution is -2.13. The van der Waals surface area contributed by atoms with Gasteiger partial charge in [0.2, 0.25) is 6.43 Å². The summed E-state index contributed by atoms with van der Waals surface area (Å²) in [6.45, 7) is 0. The van der Waals surface area contributed by atoms with Crippen molar-refractivity contribution in [3.8, 4) is 0 Å². The molecule has 2 bridgehead atoms. The van der Waals surface area contributed by atoms with E-state index >= 15 is 0 Å². The van der Waals surface area contributed by atoms with Crippen molar-refractivity contribution >= 4 is 29.6 Å². The van der Waals surface area contributed by atoms with Crippen LogP contribution in [0.5, 0.6) is 0 Å². The molecular formula is C9H14Cl2F2O2S. The summed E-state index contributed by atoms with van der Waals surface area (Å²) >= 11 is 0. The summed E-state index contributed by atoms with van der Waals surface area (Å²) in [6, 6.07) is 0. The second-order valence-corrected chi connectivity index (χ2v) is 8.11. The maximum atomic E-state index is 12.0. The second kappa shape index (κ2) is 5.83. The molecule has 2 saturated carbocycles. The van der Waals surface area contributed by atoms with Crippen LogP contribution in [0.1, 0.15) is 32.1 Å². The highest BCUT2D eigenvalue weighted by Gasteiger charge is 2.40. The molecule has 2 aliphatic rings. The van der Waals surface area contributed by atoms with Crippen molar-refractivity contribution in [2.24, 2.45) is 17.8 Å². The van der Waals surface area contributed by atoms with E-state index in [2.05, 4.69) is 21.4 Å². The van der Waals surface area contributed by atoms with Gasteiger partial charge in [-0.05, 0) is 37.0 Å². The van der Waals surface area contributed by atoms with Gasteiger partial charge in [0.15, 0.2) is 0 Å². The quantitative estimate of drug-likeness (QED) is 0.726. The second-order valence-electron chi connectivity index (χ2n) is 4.44. The van der Waals surface area contributed by atoms with Crippen molar-refractivity contribution in [3.05, 3.63) is 0 Å². The Hall–Kier alpha value is 0.390. The Kier molecular flexibility index (Phi) is 5.26. The summed E-state index contributed by atoms with van der Waals surface area (Å²) in [5, 5.41) is 0. The van der Waals surface area contributed by atoms with Gasteiger partial charge in [-0.2, -0.15) is 8.42 Å². The zero-order valence-electron chi connectivity index (χ0n) is 8.58. The third-order valence-electron chi connectivity index (χ3n) is 3.37. The van der Waals surface area contributed by atoms with Gasteiger partial charge in [0.05, 0.1) is 0 Å². The molecule has 0 aromatic rings. The first-order chi connectivity index (χ1) is 7.25. The van der Waals surface area contributed by atoms with E-state index in [1.54, 1.807) is 0 Å². The molecule has 0 aliphatic heterocycles. The molecular weight excluding hydrogens is 281 g/mol. The molecule has 0 radical (unpaired) electrons. The van der Waals surface area contributed by atoms with Crippen LogP contribution in [0.15, 0.2) is 0 Å². The predicted molar refractivity (Wildman–Crippen MR) is 60.2 cm³/mol. The standard InChI is InChI=1S/C9H14F2.Cl2O2S/c10-9(11)5-8-4-6-1-2-7(8)3-6;1-5(2,3)4/h6-9H,1-5H2;. The summed E-state index contributed by atoms with van der Waals surface area (Å²) in [5.41, 5.74) is 0. The Bertz CT molecular complexity index is 313. The highest BCUT2D eigenvalue weighted by molar-refractivity contribution is 8.31. The van der Waals surface area contributed by atoms with Crippen LogP contribution in [0.4, 0.5) is 8.78 Å². The van der Waals surface area contributed by atoms with E-state index in [0.717, 1.165) is 12.3 Å². The number of hydrogen-bond donors (Lipinski definition) is 0. The predicted octanol–water partition coefficient (Wildman–Crippen LogP) is 3.79. The largest absolute Gasteiger partial charge is 0.317 e. The maximum Gasteiger partial charge on any atom is 0.317 e. The maximum absolute atomic E-state index is 12.0. The van der Waals surface area contributed by atoms with E-state index in [-0.39, 0.29) is 6.42 Å². The zero-order valence-corrected chi connectivity index (χ0v) is 10.9. The lowest BCUT2D eigenvalue weighted by molar-refractivity contribution is 0.0987. The van der Waals surface area contributed by atoms with E-state index in [1.165, 1.54) is 19.3 Å². The molecule has 2 rings (SSSR count). The first-order valence-corrected chi connectivity index (χ1v) is 8.31. The number of alkyl halides is 2. The van der Waals surface area contributed by atoms with Crippen LogP contribution in [0, 0.1) is 17.8 Å². The van der Waals surface area contributed by atoms with Crippen molar-refractivity contribution in [2.75, 3.05) is 0 Å². The van der Waals surface area contributed by atoms with Crippen molar-refractivity contribution in [3.63, 3.8) is 0 Å². The van der Waals surface area contributed by atoms with Gasteiger partial charge in [0, 0.05) is 27.8 Å². The Labute approximate surface area is 103 Å². The van der Waals surface area contributed by atoms with Crippen molar-refractivity contribution in [1.82, 2.24) is 0 Å². The zero-order chi connectivity index (χ0) is 12.3. The first kappa shape index (κ1) is 14.5. The Balaban J connectivity index is 0.000000221. The lowest BCUT2D eigenvalue weighted by Gasteiger charge is -2.20. The molecule has 0 heterocycles. The molecule has 16 heavy (non-hydrogen) atoms. The third-order valence-corrected chi connectivity index (χ3v) is 3.37. The smallest absolute Gasteiger partial charge is 0.211 e. The summed E-state index contributed by atoms with van der Waals surface area (Å²) < 4.78 is 42.3. The highest BCUT2D eigenvalue weighted by atomic mass is 36.0. The first-order valence-electron chi connectivity index (χ1n) is 5.18. The van der Waals surface area contributed by atoms with E-state index in [9.17, 15) is 8.78 Å². The Morgan fingerprint density at radius 3 is 2.06 bits per heavy atom. The molecule has 0 N–H and O–H groups in total. The fourth-order valence-electron chi connectivity index (χ4n) is 2.89. The van der Waals surface area contributed by atoms with Crippen LogP contribution in [-0.2, 0) is 8.26 Å². The van der Waals surface area contributed by atoms with Gasteiger partial charge in [-0.15, -0.1) is 0 Å². The van der Waals surface area contributed by atoms with Crippen LogP contribution >= 0.6 is 21.4 Å². The molecule has 0 aromatic heterocycles. The van der Waals surface area contributed by atoms with Crippen LogP contribution in [0.25, 0.3) is 0 Å². The number of halogens is 4. The summed E-state index contributed by atoms with van der Waals surface area (Å²) in [7, 11) is 4.81. The summed E-state index contributed by atoms with van der Waals surface area (Å²) in [6.07, 6.45) is 2.97. The summed E-state index contributed by atoms with van der Waals surface area (Å²) in [4.78, 5) is 0. The van der Waals surface area contributed by atoms with Gasteiger partial charge in [-0.25, -0.2) is 8.78 Å². The highest BCUT2D eigenvalue weighted by Crippen LogP contribution is 2.50. The molecule has 0 aromatic carbocycles. The topological polar surface area (TPSA) is 34.1 Å². The van der Waals surface area contributed by atoms with Crippen LogP contribution in [0.3, 0.4) is 0 Å². The monoisotopic (exact) mass is 294 g/mol. The van der Waals surface area contributed by atoms with Crippen LogP contribution in [-0.4, -0.2) is 14.8 Å². The minimum absolute atomic E-state index is 0.168. The average molecular weight is 295 g/mol. The molecule has 7 heteroatoms. The Morgan fingerprint density at radius 2 is 1.75 bits per heavy atom. The van der Waals surface area contributed by atoms with Crippen molar-refractivity contribution < 1.29 is 17.2 Å². The molecule has 0 spiro atoms. The van der Waals surface area contributed by atoms with E-state index in [0.29, 0.717) is 11.8 Å². The normalized spacial score (nSPS) is 32.7. The third kappa shape index (κ3) is 5.64. The van der Waals surface area contributed by atoms with Crippen LogP contribution < -0.4 is 0 Å². The molecule has 3 atom stereocenters. The molecule has 2 nitrogen and oxygen atoms in total. The SMILES string of the molecule is FC(F)CC1CC2CCC1C2.O=S(=O)(Cl)Cl. The van der Waals surface area contributed by atoms with Crippen molar-refractivity contribution in [1.29, 1.82) is 0 Å². The molecule has 0 amide bonds. The number of hydrogen-bond acceptors (Lipinski definition) is 2. The van der Waals surface area contributed by atoms with Gasteiger partial charge in [0.25, 0.3) is 0 Å². The van der Waals surface area contributed by atoms with Crippen molar-refractivity contribution in [2.45, 2.75) is 38.5 Å². The van der Waals surface area contributed by atoms with E-state index in [4.69, 9.17) is 8.42 Å². The molecule has 2 fully saturated rings. The molecule has 3 unspecified atom stereocenters. The molecule has 96 valence electrons. The number of rotatable bonds is 2. The van der Waals surface area contributed by atoms with Gasteiger partial charge < -0.3 is 0 Å². The minimum Gasteiger partial charge on any atom is -0.211 e. The average Bonchev–Trinajstić information content (AvgIpc) is 2.59. The van der Waals surface area contributed by atoms with Gasteiger partial charge >= 0.3 is 8.26 Å². The molecule has 2 aliphatic carbocycles. The lowest BCUT2D eigenvalue weighted by atomic mass is 9.87. The number of fused-ring (bicyclic) bond motifs is 2. The minimum atomic E-state index is -3.72. The van der Waals surface area contributed by atoms with Crippen LogP contribution in [0.2, 0.25) is 0 Å². The van der Waals surface area contributed by atoms with Gasteiger partial charge in [-0.1, -0.05) is 6.42 Å². The van der Waals surface area contributed by atoms with E-state index in [1.807, 2.05) is 0 Å². The summed E-state index contributed by atoms with van der Waals surface area (Å²) in [5.74, 6) is 1.84. The Morgan fingerprint density at radius 1 is 1.19 bits per heavy atom. The van der Waals surface area contributed by atoms with E-state index < -0.39 is 14.7 Å².